The molecular weight excluding hydrogens is 234 g/mol. The van der Waals surface area contributed by atoms with Crippen molar-refractivity contribution in [3.8, 4) is 0 Å². The second kappa shape index (κ2) is 6.44. The van der Waals surface area contributed by atoms with E-state index in [1.165, 1.54) is 64.2 Å². The molecule has 0 radical (unpaired) electrons. The Morgan fingerprint density at radius 2 is 1.79 bits per heavy atom. The van der Waals surface area contributed by atoms with Crippen LogP contribution in [0.1, 0.15) is 64.2 Å². The zero-order valence-electron chi connectivity index (χ0n) is 12.0. The van der Waals surface area contributed by atoms with Crippen LogP contribution in [0, 0.1) is 5.92 Å². The fourth-order valence-electron chi connectivity index (χ4n) is 3.68. The van der Waals surface area contributed by atoms with E-state index in [0.29, 0.717) is 6.04 Å². The topological polar surface area (TPSA) is 29.9 Å². The number of nitrogens with zero attached hydrogens (tertiary/aromatic N) is 2. The first-order valence-electron chi connectivity index (χ1n) is 8.19. The first-order valence-corrected chi connectivity index (χ1v) is 8.19. The molecule has 2 saturated carbocycles. The summed E-state index contributed by atoms with van der Waals surface area (Å²) in [5, 5.41) is 3.66. The third-order valence-corrected chi connectivity index (χ3v) is 4.91. The van der Waals surface area contributed by atoms with Crippen molar-refractivity contribution in [2.45, 2.75) is 76.8 Å². The van der Waals surface area contributed by atoms with Gasteiger partial charge in [-0.05, 0) is 25.2 Å². The first-order chi connectivity index (χ1) is 9.42. The fourth-order valence-corrected chi connectivity index (χ4v) is 3.68. The van der Waals surface area contributed by atoms with Crippen molar-refractivity contribution < 1.29 is 0 Å². The molecule has 2 aliphatic rings. The Bertz CT molecular complexity index is 373. The lowest BCUT2D eigenvalue weighted by atomic mass is 9.96. The minimum Gasteiger partial charge on any atom is -0.353 e. The molecule has 19 heavy (non-hydrogen) atoms. The quantitative estimate of drug-likeness (QED) is 0.860. The molecule has 1 aromatic heterocycles. The Kier molecular flexibility index (Phi) is 4.41. The minimum atomic E-state index is 0.654. The Morgan fingerprint density at radius 1 is 1.05 bits per heavy atom. The SMILES string of the molecule is c1cn(CCC2CCCC2)c(NC2CCCCC2)n1. The van der Waals surface area contributed by atoms with Crippen LogP contribution in [0.25, 0.3) is 0 Å². The molecule has 106 valence electrons. The van der Waals surface area contributed by atoms with Gasteiger partial charge in [0.25, 0.3) is 0 Å². The maximum absolute atomic E-state index is 4.51. The molecule has 3 rings (SSSR count). The van der Waals surface area contributed by atoms with Crippen molar-refractivity contribution >= 4 is 5.95 Å². The van der Waals surface area contributed by atoms with E-state index in [2.05, 4.69) is 21.1 Å². The van der Waals surface area contributed by atoms with E-state index >= 15 is 0 Å². The highest BCUT2D eigenvalue weighted by atomic mass is 15.2. The summed E-state index contributed by atoms with van der Waals surface area (Å²) in [5.74, 6) is 2.06. The molecular formula is C16H27N3. The molecule has 2 fully saturated rings. The number of rotatable bonds is 5. The van der Waals surface area contributed by atoms with Gasteiger partial charge in [0.2, 0.25) is 5.95 Å². The van der Waals surface area contributed by atoms with Gasteiger partial charge in [0.05, 0.1) is 0 Å². The predicted octanol–water partition coefficient (Wildman–Crippen LogP) is 4.21. The normalized spacial score (nSPS) is 21.9. The lowest BCUT2D eigenvalue weighted by Gasteiger charge is -2.24. The number of nitrogens with one attached hydrogen (secondary N) is 1. The zero-order chi connectivity index (χ0) is 12.9. The van der Waals surface area contributed by atoms with Crippen LogP contribution in [0.2, 0.25) is 0 Å². The number of aromatic nitrogens is 2. The van der Waals surface area contributed by atoms with Crippen LogP contribution in [0.5, 0.6) is 0 Å². The van der Waals surface area contributed by atoms with Gasteiger partial charge in [-0.1, -0.05) is 44.9 Å². The highest BCUT2D eigenvalue weighted by Gasteiger charge is 2.17. The number of anilines is 1. The van der Waals surface area contributed by atoms with E-state index in [1.54, 1.807) is 0 Å². The van der Waals surface area contributed by atoms with Crippen LogP contribution < -0.4 is 5.32 Å². The van der Waals surface area contributed by atoms with E-state index in [-0.39, 0.29) is 0 Å². The summed E-state index contributed by atoms with van der Waals surface area (Å²) in [6.07, 6.45) is 18.0. The lowest BCUT2D eigenvalue weighted by molar-refractivity contribution is 0.446. The maximum Gasteiger partial charge on any atom is 0.202 e. The van der Waals surface area contributed by atoms with Crippen LogP contribution in [-0.4, -0.2) is 15.6 Å². The summed E-state index contributed by atoms with van der Waals surface area (Å²) in [5.41, 5.74) is 0. The second-order valence-corrected chi connectivity index (χ2v) is 6.36. The monoisotopic (exact) mass is 261 g/mol. The second-order valence-electron chi connectivity index (χ2n) is 6.36. The van der Waals surface area contributed by atoms with Crippen LogP contribution in [0.15, 0.2) is 12.4 Å². The van der Waals surface area contributed by atoms with Crippen LogP contribution in [0.3, 0.4) is 0 Å². The zero-order valence-corrected chi connectivity index (χ0v) is 12.0. The summed E-state index contributed by atoms with van der Waals surface area (Å²) < 4.78 is 2.33. The summed E-state index contributed by atoms with van der Waals surface area (Å²) >= 11 is 0. The van der Waals surface area contributed by atoms with Crippen molar-refractivity contribution in [2.75, 3.05) is 5.32 Å². The molecule has 0 bridgehead atoms. The number of hydrogen-bond acceptors (Lipinski definition) is 2. The summed E-state index contributed by atoms with van der Waals surface area (Å²) in [7, 11) is 0. The average molecular weight is 261 g/mol. The molecule has 1 heterocycles. The van der Waals surface area contributed by atoms with E-state index in [1.807, 2.05) is 6.20 Å². The Hall–Kier alpha value is -0.990. The third kappa shape index (κ3) is 3.52. The molecule has 0 aliphatic heterocycles. The van der Waals surface area contributed by atoms with E-state index in [4.69, 9.17) is 0 Å². The van der Waals surface area contributed by atoms with Gasteiger partial charge in [0.15, 0.2) is 0 Å². The Balaban J connectivity index is 1.52. The molecule has 0 spiro atoms. The Morgan fingerprint density at radius 3 is 2.58 bits per heavy atom. The highest BCUT2D eigenvalue weighted by Crippen LogP contribution is 2.28. The largest absolute Gasteiger partial charge is 0.353 e. The third-order valence-electron chi connectivity index (χ3n) is 4.91. The molecule has 0 aromatic carbocycles. The van der Waals surface area contributed by atoms with Gasteiger partial charge in [-0.25, -0.2) is 4.98 Å². The lowest BCUT2D eigenvalue weighted by Crippen LogP contribution is -2.24. The molecule has 1 N–H and O–H groups in total. The van der Waals surface area contributed by atoms with E-state index in [9.17, 15) is 0 Å². The molecule has 0 saturated heterocycles. The van der Waals surface area contributed by atoms with E-state index < -0.39 is 0 Å². The van der Waals surface area contributed by atoms with Gasteiger partial charge in [0, 0.05) is 25.0 Å². The Labute approximate surface area is 116 Å². The molecule has 1 aromatic rings. The minimum absolute atomic E-state index is 0.654. The molecule has 0 unspecified atom stereocenters. The molecule has 3 nitrogen and oxygen atoms in total. The summed E-state index contributed by atoms with van der Waals surface area (Å²) in [6, 6.07) is 0.654. The number of hydrogen-bond donors (Lipinski definition) is 1. The van der Waals surface area contributed by atoms with Crippen LogP contribution in [-0.2, 0) is 6.54 Å². The smallest absolute Gasteiger partial charge is 0.202 e. The van der Waals surface area contributed by atoms with Gasteiger partial charge in [-0.2, -0.15) is 0 Å². The highest BCUT2D eigenvalue weighted by molar-refractivity contribution is 5.27. The molecule has 3 heteroatoms. The van der Waals surface area contributed by atoms with Crippen molar-refractivity contribution in [3.05, 3.63) is 12.4 Å². The summed E-state index contributed by atoms with van der Waals surface area (Å²) in [6.45, 7) is 1.14. The summed E-state index contributed by atoms with van der Waals surface area (Å²) in [4.78, 5) is 4.51. The maximum atomic E-state index is 4.51. The van der Waals surface area contributed by atoms with Crippen molar-refractivity contribution in [2.24, 2.45) is 5.92 Å². The van der Waals surface area contributed by atoms with Crippen molar-refractivity contribution in [1.82, 2.24) is 9.55 Å². The van der Waals surface area contributed by atoms with E-state index in [0.717, 1.165) is 18.4 Å². The van der Waals surface area contributed by atoms with Gasteiger partial charge in [-0.15, -0.1) is 0 Å². The van der Waals surface area contributed by atoms with Crippen molar-refractivity contribution in [1.29, 1.82) is 0 Å². The first kappa shape index (κ1) is 13.0. The van der Waals surface area contributed by atoms with Gasteiger partial charge < -0.3 is 9.88 Å². The average Bonchev–Trinajstić information content (AvgIpc) is 3.09. The standard InChI is InChI=1S/C16H27N3/c1-2-8-15(9-3-1)18-16-17-11-13-19(16)12-10-14-6-4-5-7-14/h11,13-15H,1-10,12H2,(H,17,18). The predicted molar refractivity (Wildman–Crippen MR) is 79.3 cm³/mol. The molecule has 2 aliphatic carbocycles. The van der Waals surface area contributed by atoms with Crippen molar-refractivity contribution in [3.63, 3.8) is 0 Å². The molecule has 0 amide bonds. The van der Waals surface area contributed by atoms with Crippen LogP contribution in [0.4, 0.5) is 5.95 Å². The van der Waals surface area contributed by atoms with Gasteiger partial charge in [0.1, 0.15) is 0 Å². The number of imidazole rings is 1. The van der Waals surface area contributed by atoms with Gasteiger partial charge in [-0.3, -0.25) is 0 Å². The van der Waals surface area contributed by atoms with Gasteiger partial charge >= 0.3 is 0 Å². The molecule has 0 atom stereocenters. The number of aryl methyl sites for hydroxylation is 1. The van der Waals surface area contributed by atoms with Crippen LogP contribution >= 0.6 is 0 Å². The fraction of sp³-hybridized carbons (Fsp3) is 0.812.